The number of carbonyl (C=O) groups is 2. The minimum absolute atomic E-state index is 0.0245. The number of methoxy groups -OCH3 is 1. The highest BCUT2D eigenvalue weighted by atomic mass is 16.5. The lowest BCUT2D eigenvalue weighted by Crippen LogP contribution is -2.69. The highest BCUT2D eigenvalue weighted by Gasteiger charge is 2.46. The van der Waals surface area contributed by atoms with Gasteiger partial charge in [-0.2, -0.15) is 0 Å². The van der Waals surface area contributed by atoms with Crippen LogP contribution in [0.25, 0.3) is 0 Å². The van der Waals surface area contributed by atoms with Crippen molar-refractivity contribution in [1.82, 2.24) is 10.2 Å². The van der Waals surface area contributed by atoms with E-state index < -0.39 is 11.6 Å². The molecule has 1 heterocycles. The summed E-state index contributed by atoms with van der Waals surface area (Å²) in [5.74, 6) is -0.0462. The summed E-state index contributed by atoms with van der Waals surface area (Å²) in [5, 5.41) is 2.90. The standard InChI is InChI=1S/C15H28N2O4/c1-5-15(6-2)14(19)17(12(3)13(18)16-15)8-7-9-21-11-10-20-4/h12H,5-11H2,1-4H3,(H,16,18). The number of nitrogens with one attached hydrogen (secondary N) is 1. The van der Waals surface area contributed by atoms with E-state index >= 15 is 0 Å². The topological polar surface area (TPSA) is 67.9 Å². The van der Waals surface area contributed by atoms with Crippen LogP contribution in [0, 0.1) is 0 Å². The van der Waals surface area contributed by atoms with Crippen LogP contribution >= 0.6 is 0 Å². The van der Waals surface area contributed by atoms with Crippen molar-refractivity contribution >= 4 is 11.8 Å². The predicted molar refractivity (Wildman–Crippen MR) is 79.9 cm³/mol. The lowest BCUT2D eigenvalue weighted by molar-refractivity contribution is -0.155. The van der Waals surface area contributed by atoms with E-state index in [1.54, 1.807) is 18.9 Å². The zero-order valence-corrected chi connectivity index (χ0v) is 13.6. The normalized spacial score (nSPS) is 21.5. The molecule has 0 aliphatic carbocycles. The average molecular weight is 300 g/mol. The van der Waals surface area contributed by atoms with E-state index in [-0.39, 0.29) is 11.8 Å². The molecule has 1 fully saturated rings. The number of hydrogen-bond acceptors (Lipinski definition) is 4. The first kappa shape index (κ1) is 17.9. The molecule has 0 spiro atoms. The van der Waals surface area contributed by atoms with Crippen LogP contribution in [0.5, 0.6) is 0 Å². The molecule has 1 atom stereocenters. The fourth-order valence-corrected chi connectivity index (χ4v) is 2.59. The molecule has 122 valence electrons. The smallest absolute Gasteiger partial charge is 0.248 e. The van der Waals surface area contributed by atoms with Crippen molar-refractivity contribution < 1.29 is 19.1 Å². The van der Waals surface area contributed by atoms with Crippen LogP contribution in [0.2, 0.25) is 0 Å². The number of hydrogen-bond donors (Lipinski definition) is 1. The van der Waals surface area contributed by atoms with Crippen LogP contribution in [-0.4, -0.2) is 61.8 Å². The Balaban J connectivity index is 2.57. The van der Waals surface area contributed by atoms with E-state index in [1.165, 1.54) is 0 Å². The van der Waals surface area contributed by atoms with Gasteiger partial charge in [0.05, 0.1) is 13.2 Å². The van der Waals surface area contributed by atoms with Crippen molar-refractivity contribution in [3.63, 3.8) is 0 Å². The largest absolute Gasteiger partial charge is 0.382 e. The number of piperazine rings is 1. The summed E-state index contributed by atoms with van der Waals surface area (Å²) in [7, 11) is 1.63. The van der Waals surface area contributed by atoms with E-state index in [9.17, 15) is 9.59 Å². The van der Waals surface area contributed by atoms with Crippen LogP contribution in [0.4, 0.5) is 0 Å². The Hall–Kier alpha value is -1.14. The first-order valence-electron chi connectivity index (χ1n) is 7.72. The number of nitrogens with zero attached hydrogens (tertiary/aromatic N) is 1. The van der Waals surface area contributed by atoms with Gasteiger partial charge in [-0.3, -0.25) is 9.59 Å². The maximum Gasteiger partial charge on any atom is 0.248 e. The van der Waals surface area contributed by atoms with Crippen molar-refractivity contribution in [3.05, 3.63) is 0 Å². The van der Waals surface area contributed by atoms with Crippen molar-refractivity contribution in [2.24, 2.45) is 0 Å². The first-order valence-corrected chi connectivity index (χ1v) is 7.72. The molecule has 1 rings (SSSR count). The molecule has 0 aromatic heterocycles. The van der Waals surface area contributed by atoms with Crippen molar-refractivity contribution in [2.45, 2.75) is 51.6 Å². The zero-order valence-electron chi connectivity index (χ0n) is 13.6. The monoisotopic (exact) mass is 300 g/mol. The third-order valence-corrected chi connectivity index (χ3v) is 4.21. The quantitative estimate of drug-likeness (QED) is 0.644. The summed E-state index contributed by atoms with van der Waals surface area (Å²) in [6.45, 7) is 7.86. The lowest BCUT2D eigenvalue weighted by Gasteiger charge is -2.44. The van der Waals surface area contributed by atoms with Crippen molar-refractivity contribution in [2.75, 3.05) is 33.5 Å². The minimum Gasteiger partial charge on any atom is -0.382 e. The fraction of sp³-hybridized carbons (Fsp3) is 0.867. The molecular formula is C15H28N2O4. The summed E-state index contributed by atoms with van der Waals surface area (Å²) in [4.78, 5) is 26.5. The SMILES string of the molecule is CCC1(CC)NC(=O)C(C)N(CCCOCCOC)C1=O. The molecule has 21 heavy (non-hydrogen) atoms. The Morgan fingerprint density at radius 1 is 1.19 bits per heavy atom. The highest BCUT2D eigenvalue weighted by molar-refractivity contribution is 5.99. The van der Waals surface area contributed by atoms with Crippen molar-refractivity contribution in [3.8, 4) is 0 Å². The molecule has 6 nitrogen and oxygen atoms in total. The van der Waals surface area contributed by atoms with E-state index in [2.05, 4.69) is 5.32 Å². The van der Waals surface area contributed by atoms with Gasteiger partial charge in [0.1, 0.15) is 11.6 Å². The molecule has 0 bridgehead atoms. The second-order valence-corrected chi connectivity index (χ2v) is 5.41. The van der Waals surface area contributed by atoms with Crippen LogP contribution in [-0.2, 0) is 19.1 Å². The van der Waals surface area contributed by atoms with Gasteiger partial charge in [0.15, 0.2) is 0 Å². The summed E-state index contributed by atoms with van der Waals surface area (Å²) >= 11 is 0. The van der Waals surface area contributed by atoms with Gasteiger partial charge in [-0.1, -0.05) is 13.8 Å². The molecule has 1 N–H and O–H groups in total. The van der Waals surface area contributed by atoms with Crippen LogP contribution in [0.3, 0.4) is 0 Å². The number of ether oxygens (including phenoxy) is 2. The molecule has 0 aromatic rings. The second kappa shape index (κ2) is 8.34. The van der Waals surface area contributed by atoms with Gasteiger partial charge >= 0.3 is 0 Å². The highest BCUT2D eigenvalue weighted by Crippen LogP contribution is 2.25. The van der Waals surface area contributed by atoms with E-state index in [1.807, 2.05) is 13.8 Å². The Morgan fingerprint density at radius 2 is 1.86 bits per heavy atom. The Labute approximate surface area is 127 Å². The van der Waals surface area contributed by atoms with Crippen LogP contribution in [0.15, 0.2) is 0 Å². The molecule has 1 aliphatic rings. The Kier molecular flexibility index (Phi) is 7.11. The Bertz CT molecular complexity index is 356. The molecule has 0 aromatic carbocycles. The number of amides is 2. The fourth-order valence-electron chi connectivity index (χ4n) is 2.59. The van der Waals surface area contributed by atoms with Gasteiger partial charge in [0, 0.05) is 20.3 Å². The minimum atomic E-state index is -0.736. The van der Waals surface area contributed by atoms with E-state index in [4.69, 9.17) is 9.47 Å². The average Bonchev–Trinajstić information content (AvgIpc) is 2.49. The second-order valence-electron chi connectivity index (χ2n) is 5.41. The molecule has 6 heteroatoms. The molecule has 2 amide bonds. The van der Waals surface area contributed by atoms with Gasteiger partial charge in [-0.15, -0.1) is 0 Å². The summed E-state index contributed by atoms with van der Waals surface area (Å²) < 4.78 is 10.3. The summed E-state index contributed by atoms with van der Waals surface area (Å²) in [5.41, 5.74) is -0.736. The maximum absolute atomic E-state index is 12.7. The van der Waals surface area contributed by atoms with Gasteiger partial charge in [0.25, 0.3) is 0 Å². The third-order valence-electron chi connectivity index (χ3n) is 4.21. The molecular weight excluding hydrogens is 272 g/mol. The van der Waals surface area contributed by atoms with E-state index in [0.717, 1.165) is 6.42 Å². The molecule has 0 radical (unpaired) electrons. The third kappa shape index (κ3) is 4.17. The van der Waals surface area contributed by atoms with Crippen molar-refractivity contribution in [1.29, 1.82) is 0 Å². The van der Waals surface area contributed by atoms with Gasteiger partial charge < -0.3 is 19.7 Å². The van der Waals surface area contributed by atoms with E-state index in [0.29, 0.717) is 39.2 Å². The lowest BCUT2D eigenvalue weighted by atomic mass is 9.87. The zero-order chi connectivity index (χ0) is 15.9. The maximum atomic E-state index is 12.7. The Morgan fingerprint density at radius 3 is 2.43 bits per heavy atom. The van der Waals surface area contributed by atoms with Crippen LogP contribution in [0.1, 0.15) is 40.0 Å². The van der Waals surface area contributed by atoms with Crippen LogP contribution < -0.4 is 5.32 Å². The summed E-state index contributed by atoms with van der Waals surface area (Å²) in [6, 6.07) is -0.414. The van der Waals surface area contributed by atoms with Gasteiger partial charge in [-0.05, 0) is 26.2 Å². The van der Waals surface area contributed by atoms with Gasteiger partial charge in [-0.25, -0.2) is 0 Å². The number of rotatable bonds is 9. The predicted octanol–water partition coefficient (Wildman–Crippen LogP) is 0.945. The molecule has 1 unspecified atom stereocenters. The summed E-state index contributed by atoms with van der Waals surface area (Å²) in [6.07, 6.45) is 1.94. The molecule has 1 saturated heterocycles. The number of carbonyl (C=O) groups excluding carboxylic acids is 2. The molecule has 1 aliphatic heterocycles. The molecule has 0 saturated carbocycles. The first-order chi connectivity index (χ1) is 10.0. The van der Waals surface area contributed by atoms with Gasteiger partial charge in [0.2, 0.25) is 11.8 Å².